The predicted octanol–water partition coefficient (Wildman–Crippen LogP) is 2.18. The number of fused-ring (bicyclic) bond motifs is 1. The number of methoxy groups -OCH3 is 1. The van der Waals surface area contributed by atoms with E-state index in [0.717, 1.165) is 5.56 Å². The molecule has 0 saturated heterocycles. The number of phenolic OH excluding ortho intramolecular Hbond substituents is 1. The molecule has 0 fully saturated rings. The van der Waals surface area contributed by atoms with Gasteiger partial charge in [-0.2, -0.15) is 0 Å². The number of ether oxygens (including phenoxy) is 2. The Balaban J connectivity index is 1.94. The maximum atomic E-state index is 12.6. The van der Waals surface area contributed by atoms with Crippen LogP contribution in [0.25, 0.3) is 10.9 Å². The number of aromatic hydroxyl groups is 1. The first-order valence-electron chi connectivity index (χ1n) is 7.57. The molecule has 0 aliphatic rings. The Kier molecular flexibility index (Phi) is 4.77. The Morgan fingerprint density at radius 3 is 2.71 bits per heavy atom. The van der Waals surface area contributed by atoms with Crippen LogP contribution in [0.2, 0.25) is 0 Å². The van der Waals surface area contributed by atoms with E-state index in [-0.39, 0.29) is 17.1 Å². The largest absolute Gasteiger partial charge is 0.504 e. The molecule has 0 amide bonds. The summed E-state index contributed by atoms with van der Waals surface area (Å²) in [6, 6.07) is 12.6. The molecule has 0 bridgehead atoms. The van der Waals surface area contributed by atoms with Crippen molar-refractivity contribution in [1.82, 2.24) is 9.55 Å². The molecule has 1 aromatic heterocycles. The number of rotatable bonds is 6. The van der Waals surface area contributed by atoms with E-state index >= 15 is 0 Å². The zero-order valence-electron chi connectivity index (χ0n) is 13.3. The predicted molar refractivity (Wildman–Crippen MR) is 90.6 cm³/mol. The Hall–Kier alpha value is -2.86. The molecule has 2 aromatic carbocycles. The molecule has 0 aliphatic heterocycles. The zero-order chi connectivity index (χ0) is 16.9. The number of phenols is 1. The van der Waals surface area contributed by atoms with E-state index in [1.165, 1.54) is 17.0 Å². The summed E-state index contributed by atoms with van der Waals surface area (Å²) in [5, 5.41) is 10.4. The Bertz CT molecular complexity index is 891. The van der Waals surface area contributed by atoms with Crippen LogP contribution in [-0.4, -0.2) is 35.0 Å². The number of benzene rings is 2. The molecule has 1 heterocycles. The third-order valence-electron chi connectivity index (χ3n) is 3.65. The molecule has 0 radical (unpaired) electrons. The molecule has 6 heteroatoms. The van der Waals surface area contributed by atoms with E-state index in [2.05, 4.69) is 4.98 Å². The molecule has 0 saturated carbocycles. The van der Waals surface area contributed by atoms with Crippen LogP contribution in [0.4, 0.5) is 0 Å². The van der Waals surface area contributed by atoms with E-state index in [4.69, 9.17) is 9.47 Å². The summed E-state index contributed by atoms with van der Waals surface area (Å²) in [4.78, 5) is 16.9. The van der Waals surface area contributed by atoms with E-state index in [0.29, 0.717) is 30.7 Å². The third kappa shape index (κ3) is 3.38. The molecule has 6 nitrogen and oxygen atoms in total. The van der Waals surface area contributed by atoms with Gasteiger partial charge in [-0.15, -0.1) is 0 Å². The minimum absolute atomic E-state index is 0.0880. The highest BCUT2D eigenvalue weighted by Crippen LogP contribution is 2.29. The topological polar surface area (TPSA) is 73.6 Å². The number of nitrogens with zero attached hydrogens (tertiary/aromatic N) is 2. The molecule has 0 aliphatic carbocycles. The second-order valence-corrected chi connectivity index (χ2v) is 5.34. The van der Waals surface area contributed by atoms with Crippen molar-refractivity contribution in [2.24, 2.45) is 0 Å². The summed E-state index contributed by atoms with van der Waals surface area (Å²) >= 11 is 0. The highest BCUT2D eigenvalue weighted by molar-refractivity contribution is 5.81. The van der Waals surface area contributed by atoms with E-state index < -0.39 is 0 Å². The van der Waals surface area contributed by atoms with Crippen LogP contribution in [0.15, 0.2) is 53.6 Å². The van der Waals surface area contributed by atoms with Gasteiger partial charge in [-0.3, -0.25) is 9.36 Å². The maximum absolute atomic E-state index is 12.6. The van der Waals surface area contributed by atoms with Crippen LogP contribution in [0, 0.1) is 0 Å². The third-order valence-corrected chi connectivity index (χ3v) is 3.65. The first kappa shape index (κ1) is 16.0. The van der Waals surface area contributed by atoms with Crippen molar-refractivity contribution in [1.29, 1.82) is 0 Å². The molecule has 124 valence electrons. The van der Waals surface area contributed by atoms with Gasteiger partial charge in [-0.05, 0) is 11.6 Å². The van der Waals surface area contributed by atoms with Crippen LogP contribution in [0.5, 0.6) is 11.5 Å². The summed E-state index contributed by atoms with van der Waals surface area (Å²) in [6.45, 7) is 1.14. The zero-order valence-corrected chi connectivity index (χ0v) is 13.3. The number of hydrogen-bond acceptors (Lipinski definition) is 5. The van der Waals surface area contributed by atoms with Gasteiger partial charge in [-0.1, -0.05) is 30.3 Å². The van der Waals surface area contributed by atoms with Gasteiger partial charge in [0.15, 0.2) is 11.5 Å². The van der Waals surface area contributed by atoms with Crippen molar-refractivity contribution in [2.75, 3.05) is 20.3 Å². The fourth-order valence-electron chi connectivity index (χ4n) is 2.42. The summed E-state index contributed by atoms with van der Waals surface area (Å²) in [5.41, 5.74) is 1.28. The van der Waals surface area contributed by atoms with Crippen molar-refractivity contribution >= 4 is 10.9 Å². The van der Waals surface area contributed by atoms with Crippen LogP contribution in [0.3, 0.4) is 0 Å². The molecule has 1 N–H and O–H groups in total. The van der Waals surface area contributed by atoms with Crippen molar-refractivity contribution in [3.8, 4) is 11.5 Å². The second kappa shape index (κ2) is 7.14. The molecular formula is C18H18N2O4. The Morgan fingerprint density at radius 1 is 1.17 bits per heavy atom. The lowest BCUT2D eigenvalue weighted by molar-refractivity contribution is 0.144. The van der Waals surface area contributed by atoms with Crippen molar-refractivity contribution in [3.05, 3.63) is 64.7 Å². The lowest BCUT2D eigenvalue weighted by Gasteiger charge is -2.10. The standard InChI is InChI=1S/C18H18N2O4/c1-23-7-8-24-17-10-15-14(9-16(17)21)18(22)20(12-19-15)11-13-5-3-2-4-6-13/h2-6,9-10,12,21H,7-8,11H2,1H3. The Labute approximate surface area is 138 Å². The average molecular weight is 326 g/mol. The maximum Gasteiger partial charge on any atom is 0.261 e. The van der Waals surface area contributed by atoms with Crippen LogP contribution in [0.1, 0.15) is 5.56 Å². The summed E-state index contributed by atoms with van der Waals surface area (Å²) < 4.78 is 11.9. The molecule has 24 heavy (non-hydrogen) atoms. The minimum atomic E-state index is -0.206. The molecule has 0 spiro atoms. The van der Waals surface area contributed by atoms with Gasteiger partial charge in [0.1, 0.15) is 6.61 Å². The Morgan fingerprint density at radius 2 is 1.96 bits per heavy atom. The van der Waals surface area contributed by atoms with Gasteiger partial charge in [0, 0.05) is 13.2 Å². The normalized spacial score (nSPS) is 10.9. The fourth-order valence-corrected chi connectivity index (χ4v) is 2.42. The van der Waals surface area contributed by atoms with Gasteiger partial charge in [-0.25, -0.2) is 4.98 Å². The molecule has 0 unspecified atom stereocenters. The van der Waals surface area contributed by atoms with E-state index in [9.17, 15) is 9.90 Å². The molecule has 3 rings (SSSR count). The second-order valence-electron chi connectivity index (χ2n) is 5.34. The number of hydrogen-bond donors (Lipinski definition) is 1. The summed E-state index contributed by atoms with van der Waals surface area (Å²) in [5.74, 6) is 0.197. The smallest absolute Gasteiger partial charge is 0.261 e. The van der Waals surface area contributed by atoms with Crippen LogP contribution in [-0.2, 0) is 11.3 Å². The van der Waals surface area contributed by atoms with Gasteiger partial charge in [0.05, 0.1) is 30.4 Å². The van der Waals surface area contributed by atoms with Gasteiger partial charge in [0.2, 0.25) is 0 Å². The SMILES string of the molecule is COCCOc1cc2ncn(Cc3ccccc3)c(=O)c2cc1O. The molecule has 3 aromatic rings. The van der Waals surface area contributed by atoms with Crippen LogP contribution < -0.4 is 10.3 Å². The van der Waals surface area contributed by atoms with Gasteiger partial charge >= 0.3 is 0 Å². The van der Waals surface area contributed by atoms with Gasteiger partial charge < -0.3 is 14.6 Å². The van der Waals surface area contributed by atoms with Crippen molar-refractivity contribution in [3.63, 3.8) is 0 Å². The van der Waals surface area contributed by atoms with Crippen molar-refractivity contribution < 1.29 is 14.6 Å². The number of aromatic nitrogens is 2. The van der Waals surface area contributed by atoms with E-state index in [1.54, 1.807) is 13.2 Å². The first-order valence-corrected chi connectivity index (χ1v) is 7.57. The van der Waals surface area contributed by atoms with Crippen LogP contribution >= 0.6 is 0 Å². The van der Waals surface area contributed by atoms with Crippen molar-refractivity contribution in [2.45, 2.75) is 6.54 Å². The molecule has 0 atom stereocenters. The lowest BCUT2D eigenvalue weighted by Crippen LogP contribution is -2.21. The minimum Gasteiger partial charge on any atom is -0.504 e. The van der Waals surface area contributed by atoms with E-state index in [1.807, 2.05) is 30.3 Å². The lowest BCUT2D eigenvalue weighted by atomic mass is 10.2. The fraction of sp³-hybridized carbons (Fsp3) is 0.222. The highest BCUT2D eigenvalue weighted by Gasteiger charge is 2.11. The first-order chi connectivity index (χ1) is 11.7. The summed E-state index contributed by atoms with van der Waals surface area (Å²) in [6.07, 6.45) is 1.51. The monoisotopic (exact) mass is 326 g/mol. The summed E-state index contributed by atoms with van der Waals surface area (Å²) in [7, 11) is 1.57. The quantitative estimate of drug-likeness (QED) is 0.703. The van der Waals surface area contributed by atoms with Gasteiger partial charge in [0.25, 0.3) is 5.56 Å². The highest BCUT2D eigenvalue weighted by atomic mass is 16.5. The average Bonchev–Trinajstić information content (AvgIpc) is 2.60. The molecular weight excluding hydrogens is 308 g/mol.